The Balaban J connectivity index is 1.23. The average molecular weight is 433 g/mol. The molecule has 1 saturated heterocycles. The highest BCUT2D eigenvalue weighted by atomic mass is 35.5. The van der Waals surface area contributed by atoms with Crippen molar-refractivity contribution in [1.82, 2.24) is 4.90 Å². The molecule has 0 atom stereocenters. The topological polar surface area (TPSA) is 47.6 Å². The Hall–Kier alpha value is -1.95. The van der Waals surface area contributed by atoms with Crippen molar-refractivity contribution in [3.63, 3.8) is 0 Å². The van der Waals surface area contributed by atoms with Crippen LogP contribution in [0.2, 0.25) is 10.0 Å². The molecule has 0 aromatic heterocycles. The van der Waals surface area contributed by atoms with Gasteiger partial charge in [-0.1, -0.05) is 29.3 Å². The lowest BCUT2D eigenvalue weighted by Crippen LogP contribution is -2.32. The number of nitrogens with one attached hydrogen (secondary N) is 2. The van der Waals surface area contributed by atoms with Gasteiger partial charge >= 0.3 is 0 Å². The molecule has 154 valence electrons. The van der Waals surface area contributed by atoms with Crippen molar-refractivity contribution in [2.24, 2.45) is 0 Å². The van der Waals surface area contributed by atoms with E-state index in [1.54, 1.807) is 0 Å². The fourth-order valence-corrected chi connectivity index (χ4v) is 4.46. The molecular weight excluding hydrogens is 407 g/mol. The van der Waals surface area contributed by atoms with Crippen LogP contribution in [0, 0.1) is 0 Å². The molecule has 0 aliphatic carbocycles. The summed E-state index contributed by atoms with van der Waals surface area (Å²) in [7, 11) is 0. The van der Waals surface area contributed by atoms with E-state index in [9.17, 15) is 4.79 Å². The zero-order valence-corrected chi connectivity index (χ0v) is 17.9. The fourth-order valence-electron chi connectivity index (χ4n) is 4.05. The number of anilines is 3. The van der Waals surface area contributed by atoms with Crippen molar-refractivity contribution in [1.29, 1.82) is 0 Å². The standard InChI is InChI=1S/C22H26Cl2N4O/c23-18-4-1-5-20(22(18)24)28-11-3-10-27(12-13-28)9-2-8-25-17-6-7-19-16(14-17)15-21(29)26-19/h1,4-7,14,25H,2-3,8-13,15H2,(H,26,29). The second-order valence-electron chi connectivity index (χ2n) is 7.63. The van der Waals surface area contributed by atoms with Crippen LogP contribution in [0.1, 0.15) is 18.4 Å². The highest BCUT2D eigenvalue weighted by Crippen LogP contribution is 2.33. The normalized spacial score (nSPS) is 17.0. The van der Waals surface area contributed by atoms with Gasteiger partial charge in [0.2, 0.25) is 5.91 Å². The highest BCUT2D eigenvalue weighted by Gasteiger charge is 2.19. The van der Waals surface area contributed by atoms with E-state index in [1.165, 1.54) is 0 Å². The molecule has 29 heavy (non-hydrogen) atoms. The van der Waals surface area contributed by atoms with E-state index in [0.29, 0.717) is 16.5 Å². The van der Waals surface area contributed by atoms with Gasteiger partial charge in [-0.2, -0.15) is 0 Å². The molecule has 0 spiro atoms. The molecule has 1 fully saturated rings. The maximum atomic E-state index is 11.5. The molecule has 2 aliphatic rings. The molecule has 2 N–H and O–H groups in total. The number of halogens is 2. The Morgan fingerprint density at radius 3 is 2.86 bits per heavy atom. The first-order valence-electron chi connectivity index (χ1n) is 10.2. The van der Waals surface area contributed by atoms with Crippen LogP contribution in [-0.2, 0) is 11.2 Å². The fraction of sp³-hybridized carbons (Fsp3) is 0.409. The quantitative estimate of drug-likeness (QED) is 0.659. The first-order chi connectivity index (χ1) is 14.1. The van der Waals surface area contributed by atoms with E-state index in [-0.39, 0.29) is 5.91 Å². The summed E-state index contributed by atoms with van der Waals surface area (Å²) in [6, 6.07) is 11.9. The van der Waals surface area contributed by atoms with E-state index < -0.39 is 0 Å². The number of carbonyl (C=O) groups is 1. The second-order valence-corrected chi connectivity index (χ2v) is 8.42. The summed E-state index contributed by atoms with van der Waals surface area (Å²) < 4.78 is 0. The minimum atomic E-state index is 0.0754. The van der Waals surface area contributed by atoms with Crippen molar-refractivity contribution < 1.29 is 4.79 Å². The molecule has 2 aliphatic heterocycles. The molecule has 0 saturated carbocycles. The third-order valence-corrected chi connectivity index (χ3v) is 6.38. The molecule has 7 heteroatoms. The number of amides is 1. The molecule has 0 bridgehead atoms. The molecule has 0 radical (unpaired) electrons. The maximum absolute atomic E-state index is 11.5. The van der Waals surface area contributed by atoms with Gasteiger partial charge in [0.05, 0.1) is 22.2 Å². The first kappa shape index (κ1) is 20.3. The van der Waals surface area contributed by atoms with Gasteiger partial charge in [-0.25, -0.2) is 0 Å². The van der Waals surface area contributed by atoms with Gasteiger partial charge in [0.1, 0.15) is 0 Å². The van der Waals surface area contributed by atoms with Crippen molar-refractivity contribution in [2.45, 2.75) is 19.3 Å². The molecule has 0 unspecified atom stereocenters. The molecule has 4 rings (SSSR count). The zero-order chi connectivity index (χ0) is 20.2. The Morgan fingerprint density at radius 1 is 1.07 bits per heavy atom. The Kier molecular flexibility index (Phi) is 6.48. The van der Waals surface area contributed by atoms with E-state index in [1.807, 2.05) is 30.3 Å². The SMILES string of the molecule is O=C1Cc2cc(NCCCN3CCCN(c4cccc(Cl)c4Cl)CC3)ccc2N1. The van der Waals surface area contributed by atoms with E-state index in [4.69, 9.17) is 23.2 Å². The molecule has 1 amide bonds. The summed E-state index contributed by atoms with van der Waals surface area (Å²) in [5, 5.41) is 7.62. The van der Waals surface area contributed by atoms with Crippen LogP contribution >= 0.6 is 23.2 Å². The minimum absolute atomic E-state index is 0.0754. The summed E-state index contributed by atoms with van der Waals surface area (Å²) in [6.45, 7) is 6.06. The lowest BCUT2D eigenvalue weighted by molar-refractivity contribution is -0.115. The van der Waals surface area contributed by atoms with Crippen molar-refractivity contribution >= 4 is 46.2 Å². The van der Waals surface area contributed by atoms with Crippen molar-refractivity contribution in [2.75, 3.05) is 54.8 Å². The first-order valence-corrected chi connectivity index (χ1v) is 10.9. The molecule has 2 aromatic carbocycles. The summed E-state index contributed by atoms with van der Waals surface area (Å²) in [4.78, 5) is 16.3. The highest BCUT2D eigenvalue weighted by molar-refractivity contribution is 6.43. The van der Waals surface area contributed by atoms with E-state index >= 15 is 0 Å². The van der Waals surface area contributed by atoms with Gasteiger partial charge in [-0.15, -0.1) is 0 Å². The summed E-state index contributed by atoms with van der Waals surface area (Å²) in [5.74, 6) is 0.0754. The Labute approximate surface area is 182 Å². The predicted octanol–water partition coefficient (Wildman–Crippen LogP) is 4.50. The number of hydrogen-bond donors (Lipinski definition) is 2. The van der Waals surface area contributed by atoms with Crippen LogP contribution in [0.15, 0.2) is 36.4 Å². The van der Waals surface area contributed by atoms with Gasteiger partial charge < -0.3 is 20.4 Å². The number of carbonyl (C=O) groups excluding carboxylic acids is 1. The number of nitrogens with zero attached hydrogens (tertiary/aromatic N) is 2. The van der Waals surface area contributed by atoms with E-state index in [0.717, 1.165) is 74.7 Å². The molecule has 2 aromatic rings. The van der Waals surface area contributed by atoms with Crippen LogP contribution < -0.4 is 15.5 Å². The Morgan fingerprint density at radius 2 is 1.97 bits per heavy atom. The van der Waals surface area contributed by atoms with Crippen LogP contribution in [0.25, 0.3) is 0 Å². The third kappa shape index (κ3) is 4.97. The third-order valence-electron chi connectivity index (χ3n) is 5.57. The largest absolute Gasteiger partial charge is 0.385 e. The Bertz CT molecular complexity index is 889. The predicted molar refractivity (Wildman–Crippen MR) is 122 cm³/mol. The number of benzene rings is 2. The number of fused-ring (bicyclic) bond motifs is 1. The molecule has 2 heterocycles. The van der Waals surface area contributed by atoms with Crippen LogP contribution in [-0.4, -0.2) is 50.1 Å². The maximum Gasteiger partial charge on any atom is 0.228 e. The zero-order valence-electron chi connectivity index (χ0n) is 16.4. The van der Waals surface area contributed by atoms with Gasteiger partial charge in [-0.3, -0.25) is 4.79 Å². The van der Waals surface area contributed by atoms with Gasteiger partial charge in [-0.05, 0) is 61.8 Å². The van der Waals surface area contributed by atoms with Crippen LogP contribution in [0.5, 0.6) is 0 Å². The number of rotatable bonds is 6. The summed E-state index contributed by atoms with van der Waals surface area (Å²) in [6.07, 6.45) is 2.67. The lowest BCUT2D eigenvalue weighted by atomic mass is 10.1. The van der Waals surface area contributed by atoms with Crippen molar-refractivity contribution in [3.05, 3.63) is 52.0 Å². The molecular formula is C22H26Cl2N4O. The minimum Gasteiger partial charge on any atom is -0.385 e. The van der Waals surface area contributed by atoms with Crippen LogP contribution in [0.3, 0.4) is 0 Å². The lowest BCUT2D eigenvalue weighted by Gasteiger charge is -2.25. The van der Waals surface area contributed by atoms with E-state index in [2.05, 4.69) is 26.5 Å². The van der Waals surface area contributed by atoms with Crippen molar-refractivity contribution in [3.8, 4) is 0 Å². The average Bonchev–Trinajstić information content (AvgIpc) is 2.92. The number of hydrogen-bond acceptors (Lipinski definition) is 4. The van der Waals surface area contributed by atoms with Gasteiger partial charge in [0, 0.05) is 37.6 Å². The summed E-state index contributed by atoms with van der Waals surface area (Å²) >= 11 is 12.6. The van der Waals surface area contributed by atoms with Gasteiger partial charge in [0.25, 0.3) is 0 Å². The smallest absolute Gasteiger partial charge is 0.228 e. The van der Waals surface area contributed by atoms with Gasteiger partial charge in [0.15, 0.2) is 0 Å². The van der Waals surface area contributed by atoms with Crippen LogP contribution in [0.4, 0.5) is 17.1 Å². The summed E-state index contributed by atoms with van der Waals surface area (Å²) in [5.41, 5.74) is 4.13. The monoisotopic (exact) mass is 432 g/mol. The second kappa shape index (κ2) is 9.24. The molecule has 5 nitrogen and oxygen atoms in total.